The molecule has 38 heavy (non-hydrogen) atoms. The SMILES string of the molecule is CC1(C)CNCc2cc(Nc3ncnc(N4CCN(c5ncc(Cc6ccccc6)cn5)CC4)n3)ccc21. The van der Waals surface area contributed by atoms with Crippen LogP contribution >= 0.6 is 0 Å². The summed E-state index contributed by atoms with van der Waals surface area (Å²) >= 11 is 0. The topological polar surface area (TPSA) is 95.0 Å². The van der Waals surface area contributed by atoms with Crippen molar-refractivity contribution in [1.29, 1.82) is 0 Å². The zero-order valence-corrected chi connectivity index (χ0v) is 21.9. The predicted molar refractivity (Wildman–Crippen MR) is 150 cm³/mol. The monoisotopic (exact) mass is 507 g/mol. The average Bonchev–Trinajstić information content (AvgIpc) is 2.94. The summed E-state index contributed by atoms with van der Waals surface area (Å²) < 4.78 is 0. The molecule has 0 saturated carbocycles. The maximum absolute atomic E-state index is 4.71. The second kappa shape index (κ2) is 10.3. The van der Waals surface area contributed by atoms with Gasteiger partial charge in [-0.3, -0.25) is 0 Å². The number of fused-ring (bicyclic) bond motifs is 1. The molecular weight excluding hydrogens is 474 g/mol. The molecule has 0 atom stereocenters. The molecule has 1 saturated heterocycles. The van der Waals surface area contributed by atoms with Crippen molar-refractivity contribution in [2.75, 3.05) is 47.8 Å². The summed E-state index contributed by atoms with van der Waals surface area (Å²) in [5, 5.41) is 6.88. The van der Waals surface area contributed by atoms with Crippen LogP contribution in [0.2, 0.25) is 0 Å². The third-order valence-corrected chi connectivity index (χ3v) is 7.32. The highest BCUT2D eigenvalue weighted by Crippen LogP contribution is 2.31. The highest BCUT2D eigenvalue weighted by molar-refractivity contribution is 5.58. The number of rotatable bonds is 6. The zero-order chi connectivity index (χ0) is 26.0. The van der Waals surface area contributed by atoms with E-state index in [1.54, 1.807) is 6.33 Å². The third-order valence-electron chi connectivity index (χ3n) is 7.32. The van der Waals surface area contributed by atoms with E-state index in [1.807, 2.05) is 18.5 Å². The summed E-state index contributed by atoms with van der Waals surface area (Å²) in [5.74, 6) is 2.00. The van der Waals surface area contributed by atoms with Crippen LogP contribution in [0.5, 0.6) is 0 Å². The molecule has 2 aromatic heterocycles. The van der Waals surface area contributed by atoms with Crippen molar-refractivity contribution < 1.29 is 0 Å². The molecule has 194 valence electrons. The summed E-state index contributed by atoms with van der Waals surface area (Å²) in [5.41, 5.74) is 6.19. The van der Waals surface area contributed by atoms with Gasteiger partial charge in [-0.25, -0.2) is 19.9 Å². The van der Waals surface area contributed by atoms with Crippen molar-refractivity contribution in [3.8, 4) is 0 Å². The van der Waals surface area contributed by atoms with Gasteiger partial charge >= 0.3 is 0 Å². The number of hydrogen-bond donors (Lipinski definition) is 2. The van der Waals surface area contributed by atoms with E-state index < -0.39 is 0 Å². The van der Waals surface area contributed by atoms with Crippen molar-refractivity contribution >= 4 is 23.5 Å². The summed E-state index contributed by atoms with van der Waals surface area (Å²) in [6, 6.07) is 16.9. The summed E-state index contributed by atoms with van der Waals surface area (Å²) in [6.45, 7) is 9.60. The summed E-state index contributed by atoms with van der Waals surface area (Å²) in [6.07, 6.45) is 6.28. The molecular formula is C29H33N9. The van der Waals surface area contributed by atoms with E-state index in [1.165, 1.54) is 16.7 Å². The Morgan fingerprint density at radius 2 is 1.58 bits per heavy atom. The number of anilines is 4. The van der Waals surface area contributed by atoms with Crippen LogP contribution < -0.4 is 20.4 Å². The molecule has 2 aliphatic rings. The normalized spacial score (nSPS) is 16.7. The maximum atomic E-state index is 4.71. The number of aromatic nitrogens is 5. The van der Waals surface area contributed by atoms with Gasteiger partial charge in [0.2, 0.25) is 17.8 Å². The maximum Gasteiger partial charge on any atom is 0.231 e. The van der Waals surface area contributed by atoms with Gasteiger partial charge < -0.3 is 20.4 Å². The molecule has 0 spiro atoms. The molecule has 9 heteroatoms. The Morgan fingerprint density at radius 1 is 0.842 bits per heavy atom. The minimum atomic E-state index is 0.129. The Labute approximate surface area is 223 Å². The van der Waals surface area contributed by atoms with Gasteiger partial charge in [0.15, 0.2) is 0 Å². The summed E-state index contributed by atoms with van der Waals surface area (Å²) in [4.78, 5) is 27.2. The van der Waals surface area contributed by atoms with Crippen LogP contribution in [0.15, 0.2) is 67.3 Å². The van der Waals surface area contributed by atoms with Gasteiger partial charge in [-0.2, -0.15) is 4.98 Å². The van der Waals surface area contributed by atoms with E-state index in [0.29, 0.717) is 11.9 Å². The Morgan fingerprint density at radius 3 is 2.34 bits per heavy atom. The largest absolute Gasteiger partial charge is 0.337 e. The van der Waals surface area contributed by atoms with Crippen molar-refractivity contribution in [2.24, 2.45) is 0 Å². The fourth-order valence-electron chi connectivity index (χ4n) is 5.25. The van der Waals surface area contributed by atoms with Gasteiger partial charge in [-0.1, -0.05) is 50.2 Å². The van der Waals surface area contributed by atoms with Crippen molar-refractivity contribution in [1.82, 2.24) is 30.2 Å². The molecule has 6 rings (SSSR count). The lowest BCUT2D eigenvalue weighted by atomic mass is 9.79. The Hall–Kier alpha value is -4.11. The molecule has 0 aliphatic carbocycles. The molecule has 4 heterocycles. The van der Waals surface area contributed by atoms with Gasteiger partial charge in [0.1, 0.15) is 6.33 Å². The molecule has 2 aromatic carbocycles. The number of hydrogen-bond acceptors (Lipinski definition) is 9. The molecule has 2 N–H and O–H groups in total. The van der Waals surface area contributed by atoms with Gasteiger partial charge in [-0.15, -0.1) is 0 Å². The van der Waals surface area contributed by atoms with Crippen molar-refractivity contribution in [2.45, 2.75) is 32.2 Å². The first kappa shape index (κ1) is 24.2. The van der Waals surface area contributed by atoms with Crippen LogP contribution in [-0.2, 0) is 18.4 Å². The van der Waals surface area contributed by atoms with Gasteiger partial charge in [0, 0.05) is 69.2 Å². The van der Waals surface area contributed by atoms with Crippen LogP contribution in [-0.4, -0.2) is 57.6 Å². The molecule has 4 aromatic rings. The van der Waals surface area contributed by atoms with Crippen LogP contribution in [0.1, 0.15) is 36.1 Å². The van der Waals surface area contributed by atoms with E-state index in [9.17, 15) is 0 Å². The highest BCUT2D eigenvalue weighted by atomic mass is 15.4. The molecule has 0 bridgehead atoms. The van der Waals surface area contributed by atoms with Crippen LogP contribution in [0.4, 0.5) is 23.5 Å². The number of nitrogens with one attached hydrogen (secondary N) is 2. The molecule has 0 radical (unpaired) electrons. The van der Waals surface area contributed by atoms with E-state index in [2.05, 4.69) is 96.7 Å². The second-order valence-electron chi connectivity index (χ2n) is 10.6. The van der Waals surface area contributed by atoms with E-state index in [4.69, 9.17) is 4.98 Å². The predicted octanol–water partition coefficient (Wildman–Crippen LogP) is 3.70. The van der Waals surface area contributed by atoms with Gasteiger partial charge in [0.25, 0.3) is 0 Å². The van der Waals surface area contributed by atoms with Crippen molar-refractivity contribution in [3.63, 3.8) is 0 Å². The second-order valence-corrected chi connectivity index (χ2v) is 10.6. The van der Waals surface area contributed by atoms with E-state index in [-0.39, 0.29) is 5.41 Å². The van der Waals surface area contributed by atoms with Crippen LogP contribution in [0.3, 0.4) is 0 Å². The first-order valence-electron chi connectivity index (χ1n) is 13.2. The zero-order valence-electron chi connectivity index (χ0n) is 21.9. The first-order chi connectivity index (χ1) is 18.5. The highest BCUT2D eigenvalue weighted by Gasteiger charge is 2.27. The molecule has 9 nitrogen and oxygen atoms in total. The molecule has 1 fully saturated rings. The van der Waals surface area contributed by atoms with Gasteiger partial charge in [-0.05, 0) is 34.4 Å². The standard InChI is InChI=1S/C29H33N9/c1-29(2)19-30-18-23-15-24(8-9-25(23)29)35-26-33-20-34-28(36-26)38-12-10-37(11-13-38)27-31-16-22(17-32-27)14-21-6-4-3-5-7-21/h3-9,15-17,20,30H,10-14,18-19H2,1-2H3,(H,33,34,35,36). The quantitative estimate of drug-likeness (QED) is 0.405. The lowest BCUT2D eigenvalue weighted by Crippen LogP contribution is -2.47. The summed E-state index contributed by atoms with van der Waals surface area (Å²) in [7, 11) is 0. The smallest absolute Gasteiger partial charge is 0.231 e. The fraction of sp³-hybridized carbons (Fsp3) is 0.345. The average molecular weight is 508 g/mol. The third kappa shape index (κ3) is 5.28. The molecule has 2 aliphatic heterocycles. The Balaban J connectivity index is 1.07. The molecule has 0 amide bonds. The van der Waals surface area contributed by atoms with E-state index >= 15 is 0 Å². The Kier molecular flexibility index (Phi) is 6.59. The minimum Gasteiger partial charge on any atom is -0.337 e. The lowest BCUT2D eigenvalue weighted by Gasteiger charge is -2.34. The van der Waals surface area contributed by atoms with Crippen LogP contribution in [0.25, 0.3) is 0 Å². The van der Waals surface area contributed by atoms with Crippen molar-refractivity contribution in [3.05, 3.63) is 89.5 Å². The number of benzene rings is 2. The van der Waals surface area contributed by atoms with Gasteiger partial charge in [0.05, 0.1) is 0 Å². The van der Waals surface area contributed by atoms with E-state index in [0.717, 1.165) is 62.9 Å². The Bertz CT molecular complexity index is 1380. The lowest BCUT2D eigenvalue weighted by molar-refractivity contribution is 0.435. The molecule has 0 unspecified atom stereocenters. The van der Waals surface area contributed by atoms with Crippen LogP contribution in [0, 0.1) is 0 Å². The number of piperazine rings is 1. The minimum absolute atomic E-state index is 0.129. The first-order valence-corrected chi connectivity index (χ1v) is 13.2. The fourth-order valence-corrected chi connectivity index (χ4v) is 5.25. The number of nitrogens with zero attached hydrogens (tertiary/aromatic N) is 7.